The first-order valence-electron chi connectivity index (χ1n) is 4.65. The van der Waals surface area contributed by atoms with Crippen molar-refractivity contribution in [3.63, 3.8) is 0 Å². The molecule has 0 radical (unpaired) electrons. The quantitative estimate of drug-likeness (QED) is 0.669. The van der Waals surface area contributed by atoms with E-state index in [-0.39, 0.29) is 0 Å². The van der Waals surface area contributed by atoms with Gasteiger partial charge < -0.3 is 10.1 Å². The maximum atomic E-state index is 5.41. The molecular weight excluding hydrogens is 138 g/mol. The molecule has 2 heteroatoms. The van der Waals surface area contributed by atoms with Crippen LogP contribution in [0.15, 0.2) is 0 Å². The lowest BCUT2D eigenvalue weighted by atomic mass is 9.95. The molecule has 1 aliphatic heterocycles. The van der Waals surface area contributed by atoms with Gasteiger partial charge in [-0.25, -0.2) is 0 Å². The molecule has 1 saturated heterocycles. The Labute approximate surface area is 69.3 Å². The molecule has 2 nitrogen and oxygen atoms in total. The molecule has 0 saturated carbocycles. The number of nitrogens with one attached hydrogen (secondary N) is 1. The molecular formula is C9H19NO. The molecule has 0 aromatic carbocycles. The van der Waals surface area contributed by atoms with Crippen molar-refractivity contribution >= 4 is 0 Å². The number of hydrogen-bond acceptors (Lipinski definition) is 2. The largest absolute Gasteiger partial charge is 0.381 e. The van der Waals surface area contributed by atoms with Gasteiger partial charge in [0.05, 0.1) is 6.61 Å². The Hall–Kier alpha value is -0.0800. The van der Waals surface area contributed by atoms with Crippen LogP contribution in [0.25, 0.3) is 0 Å². The molecule has 1 aliphatic rings. The summed E-state index contributed by atoms with van der Waals surface area (Å²) >= 11 is 0. The summed E-state index contributed by atoms with van der Waals surface area (Å²) in [5, 5.41) is 3.44. The van der Waals surface area contributed by atoms with Crippen molar-refractivity contribution in [2.24, 2.45) is 5.92 Å². The Balaban J connectivity index is 2.21. The molecule has 1 rings (SSSR count). The monoisotopic (exact) mass is 157 g/mol. The Morgan fingerprint density at radius 1 is 1.64 bits per heavy atom. The van der Waals surface area contributed by atoms with Crippen LogP contribution in [-0.4, -0.2) is 25.8 Å². The minimum absolute atomic E-state index is 0.625. The normalized spacial score (nSPS) is 28.4. The molecule has 1 fully saturated rings. The highest BCUT2D eigenvalue weighted by Crippen LogP contribution is 2.16. The lowest BCUT2D eigenvalue weighted by molar-refractivity contribution is 0.0423. The van der Waals surface area contributed by atoms with E-state index in [1.165, 1.54) is 12.8 Å². The van der Waals surface area contributed by atoms with Gasteiger partial charge >= 0.3 is 0 Å². The number of ether oxygens (including phenoxy) is 1. The zero-order valence-corrected chi connectivity index (χ0v) is 7.60. The lowest BCUT2D eigenvalue weighted by Gasteiger charge is -2.27. The zero-order chi connectivity index (χ0) is 8.10. The van der Waals surface area contributed by atoms with Crippen molar-refractivity contribution in [3.05, 3.63) is 0 Å². The third kappa shape index (κ3) is 2.80. The maximum Gasteiger partial charge on any atom is 0.0509 e. The van der Waals surface area contributed by atoms with Gasteiger partial charge in [0, 0.05) is 12.6 Å². The summed E-state index contributed by atoms with van der Waals surface area (Å²) < 4.78 is 5.41. The smallest absolute Gasteiger partial charge is 0.0509 e. The van der Waals surface area contributed by atoms with Gasteiger partial charge in [0.2, 0.25) is 0 Å². The van der Waals surface area contributed by atoms with Gasteiger partial charge in [-0.1, -0.05) is 6.92 Å². The molecule has 0 spiro atoms. The van der Waals surface area contributed by atoms with Gasteiger partial charge in [0.25, 0.3) is 0 Å². The number of rotatable bonds is 3. The summed E-state index contributed by atoms with van der Waals surface area (Å²) in [6.07, 6.45) is 2.56. The topological polar surface area (TPSA) is 21.3 Å². The van der Waals surface area contributed by atoms with Crippen LogP contribution in [0.5, 0.6) is 0 Å². The van der Waals surface area contributed by atoms with Gasteiger partial charge in [-0.3, -0.25) is 0 Å². The van der Waals surface area contributed by atoms with E-state index in [9.17, 15) is 0 Å². The summed E-state index contributed by atoms with van der Waals surface area (Å²) in [4.78, 5) is 0. The first kappa shape index (κ1) is 9.01. The van der Waals surface area contributed by atoms with E-state index in [1.807, 2.05) is 0 Å². The van der Waals surface area contributed by atoms with Crippen molar-refractivity contribution in [1.29, 1.82) is 0 Å². The van der Waals surface area contributed by atoms with E-state index in [1.54, 1.807) is 0 Å². The highest BCUT2D eigenvalue weighted by molar-refractivity contribution is 4.73. The van der Waals surface area contributed by atoms with Crippen LogP contribution >= 0.6 is 0 Å². The van der Waals surface area contributed by atoms with Gasteiger partial charge in [-0.15, -0.1) is 0 Å². The van der Waals surface area contributed by atoms with Crippen LogP contribution in [0.2, 0.25) is 0 Å². The summed E-state index contributed by atoms with van der Waals surface area (Å²) in [5.41, 5.74) is 0. The van der Waals surface area contributed by atoms with Gasteiger partial charge in [0.15, 0.2) is 0 Å². The fourth-order valence-corrected chi connectivity index (χ4v) is 1.65. The Morgan fingerprint density at radius 3 is 3.00 bits per heavy atom. The average molecular weight is 157 g/mol. The van der Waals surface area contributed by atoms with Crippen LogP contribution in [0, 0.1) is 5.92 Å². The fraction of sp³-hybridized carbons (Fsp3) is 1.00. The van der Waals surface area contributed by atoms with Crippen molar-refractivity contribution in [1.82, 2.24) is 5.32 Å². The lowest BCUT2D eigenvalue weighted by Crippen LogP contribution is -2.37. The van der Waals surface area contributed by atoms with E-state index in [2.05, 4.69) is 19.2 Å². The molecule has 0 aromatic rings. The molecule has 1 heterocycles. The van der Waals surface area contributed by atoms with Gasteiger partial charge in [0.1, 0.15) is 0 Å². The Kier molecular flexibility index (Phi) is 3.87. The predicted octanol–water partition coefficient (Wildman–Crippen LogP) is 1.41. The van der Waals surface area contributed by atoms with Crippen molar-refractivity contribution in [2.75, 3.05) is 19.8 Å². The molecule has 11 heavy (non-hydrogen) atoms. The second kappa shape index (κ2) is 4.73. The van der Waals surface area contributed by atoms with Crippen LogP contribution in [-0.2, 0) is 4.74 Å². The molecule has 0 amide bonds. The SMILES string of the molecule is CCNC(C)C1CCCOC1. The average Bonchev–Trinajstić information content (AvgIpc) is 2.07. The third-order valence-corrected chi connectivity index (χ3v) is 2.43. The summed E-state index contributed by atoms with van der Waals surface area (Å²) in [6, 6.07) is 0.625. The van der Waals surface area contributed by atoms with Crippen LogP contribution in [0.1, 0.15) is 26.7 Å². The Morgan fingerprint density at radius 2 is 2.45 bits per heavy atom. The molecule has 0 bridgehead atoms. The minimum atomic E-state index is 0.625. The highest BCUT2D eigenvalue weighted by Gasteiger charge is 2.19. The van der Waals surface area contributed by atoms with Gasteiger partial charge in [-0.2, -0.15) is 0 Å². The van der Waals surface area contributed by atoms with Gasteiger partial charge in [-0.05, 0) is 32.2 Å². The van der Waals surface area contributed by atoms with Crippen molar-refractivity contribution < 1.29 is 4.74 Å². The van der Waals surface area contributed by atoms with Crippen molar-refractivity contribution in [2.45, 2.75) is 32.7 Å². The molecule has 0 aromatic heterocycles. The summed E-state index contributed by atoms with van der Waals surface area (Å²) in [7, 11) is 0. The van der Waals surface area contributed by atoms with E-state index in [0.29, 0.717) is 6.04 Å². The molecule has 2 unspecified atom stereocenters. The van der Waals surface area contributed by atoms with E-state index in [4.69, 9.17) is 4.74 Å². The van der Waals surface area contributed by atoms with Crippen LogP contribution in [0.3, 0.4) is 0 Å². The van der Waals surface area contributed by atoms with Crippen LogP contribution < -0.4 is 5.32 Å². The standard InChI is InChI=1S/C9H19NO/c1-3-10-8(2)9-5-4-6-11-7-9/h8-10H,3-7H2,1-2H3. The minimum Gasteiger partial charge on any atom is -0.381 e. The Bertz CT molecular complexity index is 99.7. The third-order valence-electron chi connectivity index (χ3n) is 2.43. The fourth-order valence-electron chi connectivity index (χ4n) is 1.65. The van der Waals surface area contributed by atoms with E-state index >= 15 is 0 Å². The summed E-state index contributed by atoms with van der Waals surface area (Å²) in [5.74, 6) is 0.740. The number of hydrogen-bond donors (Lipinski definition) is 1. The second-order valence-corrected chi connectivity index (χ2v) is 3.32. The zero-order valence-electron chi connectivity index (χ0n) is 7.60. The molecule has 2 atom stereocenters. The summed E-state index contributed by atoms with van der Waals surface area (Å²) in [6.45, 7) is 7.39. The molecule has 0 aliphatic carbocycles. The van der Waals surface area contributed by atoms with Crippen LogP contribution in [0.4, 0.5) is 0 Å². The predicted molar refractivity (Wildman–Crippen MR) is 46.7 cm³/mol. The first-order chi connectivity index (χ1) is 5.34. The highest BCUT2D eigenvalue weighted by atomic mass is 16.5. The molecule has 1 N–H and O–H groups in total. The van der Waals surface area contributed by atoms with E-state index in [0.717, 1.165) is 25.7 Å². The van der Waals surface area contributed by atoms with E-state index < -0.39 is 0 Å². The van der Waals surface area contributed by atoms with Crippen molar-refractivity contribution in [3.8, 4) is 0 Å². The molecule has 66 valence electrons. The maximum absolute atomic E-state index is 5.41. The first-order valence-corrected chi connectivity index (χ1v) is 4.65. The second-order valence-electron chi connectivity index (χ2n) is 3.32.